The van der Waals surface area contributed by atoms with E-state index in [-0.39, 0.29) is 12.0 Å². The molecule has 1 aromatic heterocycles. The van der Waals surface area contributed by atoms with Crippen molar-refractivity contribution in [3.05, 3.63) is 11.6 Å². The highest BCUT2D eigenvalue weighted by atomic mass is 16.5. The van der Waals surface area contributed by atoms with Crippen molar-refractivity contribution in [3.63, 3.8) is 0 Å². The Balaban J connectivity index is 1.39. The molecule has 0 bridgehead atoms. The van der Waals surface area contributed by atoms with E-state index in [0.717, 1.165) is 57.1 Å². The molecule has 2 aliphatic heterocycles. The molecule has 24 heavy (non-hydrogen) atoms. The third-order valence-corrected chi connectivity index (χ3v) is 5.64. The van der Waals surface area contributed by atoms with E-state index >= 15 is 0 Å². The number of hydrogen-bond donors (Lipinski definition) is 0. The molecule has 0 unspecified atom stereocenters. The number of fused-ring (bicyclic) bond motifs is 2. The fourth-order valence-electron chi connectivity index (χ4n) is 4.35. The van der Waals surface area contributed by atoms with Crippen LogP contribution >= 0.6 is 0 Å². The number of rotatable bonds is 3. The van der Waals surface area contributed by atoms with Gasteiger partial charge in [0, 0.05) is 26.1 Å². The van der Waals surface area contributed by atoms with E-state index in [0.29, 0.717) is 19.2 Å². The van der Waals surface area contributed by atoms with Crippen molar-refractivity contribution in [2.75, 3.05) is 26.2 Å². The van der Waals surface area contributed by atoms with Crippen molar-refractivity contribution in [2.24, 2.45) is 0 Å². The number of nitrogens with zero attached hydrogens (tertiary/aromatic N) is 5. The molecule has 0 aromatic carbocycles. The maximum atomic E-state index is 12.9. The average molecular weight is 333 g/mol. The van der Waals surface area contributed by atoms with Gasteiger partial charge in [-0.05, 0) is 12.8 Å². The summed E-state index contributed by atoms with van der Waals surface area (Å²) in [5.41, 5.74) is 0. The molecule has 0 N–H and O–H groups in total. The largest absolute Gasteiger partial charge is 0.374 e. The number of ether oxygens (including phenoxy) is 1. The number of hydrogen-bond acceptors (Lipinski definition) is 5. The standard InChI is InChI=1S/C17H27N5O2/c1-2-15-18-19-16-11-20(7-8-22(15)16)12-17(23)21-9-10-24-14-6-4-3-5-13(14)21/h13-14H,2-12H2,1H3/t13-,14-/m1/s1. The lowest BCUT2D eigenvalue weighted by Gasteiger charge is -2.44. The minimum Gasteiger partial charge on any atom is -0.374 e. The number of morpholine rings is 1. The van der Waals surface area contributed by atoms with Gasteiger partial charge in [0.25, 0.3) is 0 Å². The first-order valence-corrected chi connectivity index (χ1v) is 9.30. The highest BCUT2D eigenvalue weighted by Gasteiger charge is 2.37. The van der Waals surface area contributed by atoms with Crippen LogP contribution in [0.15, 0.2) is 0 Å². The molecule has 7 heteroatoms. The number of amides is 1. The predicted octanol–water partition coefficient (Wildman–Crippen LogP) is 0.826. The number of aromatic nitrogens is 3. The lowest BCUT2D eigenvalue weighted by Crippen LogP contribution is -2.57. The number of aryl methyl sites for hydroxylation is 1. The summed E-state index contributed by atoms with van der Waals surface area (Å²) in [4.78, 5) is 17.2. The summed E-state index contributed by atoms with van der Waals surface area (Å²) in [6, 6.07) is 0.292. The molecule has 3 aliphatic rings. The van der Waals surface area contributed by atoms with E-state index in [4.69, 9.17) is 4.74 Å². The Morgan fingerprint density at radius 1 is 1.21 bits per heavy atom. The molecule has 2 atom stereocenters. The van der Waals surface area contributed by atoms with Gasteiger partial charge in [0.1, 0.15) is 11.6 Å². The van der Waals surface area contributed by atoms with Gasteiger partial charge in [0.2, 0.25) is 5.91 Å². The average Bonchev–Trinajstić information content (AvgIpc) is 3.03. The number of carbonyl (C=O) groups excluding carboxylic acids is 1. The number of carbonyl (C=O) groups is 1. The quantitative estimate of drug-likeness (QED) is 0.820. The van der Waals surface area contributed by atoms with Crippen molar-refractivity contribution in [2.45, 2.75) is 64.3 Å². The first-order chi connectivity index (χ1) is 11.8. The smallest absolute Gasteiger partial charge is 0.237 e. The normalized spacial score (nSPS) is 27.6. The summed E-state index contributed by atoms with van der Waals surface area (Å²) < 4.78 is 8.09. The monoisotopic (exact) mass is 333 g/mol. The third-order valence-electron chi connectivity index (χ3n) is 5.64. The molecule has 1 saturated carbocycles. The Hall–Kier alpha value is -1.47. The van der Waals surface area contributed by atoms with Gasteiger partial charge in [0.15, 0.2) is 0 Å². The second-order valence-corrected chi connectivity index (χ2v) is 7.10. The third kappa shape index (κ3) is 2.95. The summed E-state index contributed by atoms with van der Waals surface area (Å²) in [6.07, 6.45) is 5.79. The van der Waals surface area contributed by atoms with E-state index in [1.807, 2.05) is 0 Å². The fourth-order valence-corrected chi connectivity index (χ4v) is 4.35. The molecule has 1 aromatic rings. The van der Waals surface area contributed by atoms with Crippen LogP contribution < -0.4 is 0 Å². The molecule has 1 saturated heterocycles. The van der Waals surface area contributed by atoms with Crippen molar-refractivity contribution in [1.82, 2.24) is 24.6 Å². The van der Waals surface area contributed by atoms with Gasteiger partial charge >= 0.3 is 0 Å². The summed E-state index contributed by atoms with van der Waals surface area (Å²) in [5, 5.41) is 8.54. The van der Waals surface area contributed by atoms with Gasteiger partial charge in [-0.1, -0.05) is 19.8 Å². The molecule has 0 spiro atoms. The van der Waals surface area contributed by atoms with Crippen LogP contribution in [0.4, 0.5) is 0 Å². The molecule has 7 nitrogen and oxygen atoms in total. The van der Waals surface area contributed by atoms with Crippen LogP contribution in [0.1, 0.15) is 44.3 Å². The predicted molar refractivity (Wildman–Crippen MR) is 88.4 cm³/mol. The SMILES string of the molecule is CCc1nnc2n1CCN(CC(=O)N1CCO[C@@H]3CCCC[C@H]31)C2. The minimum atomic E-state index is 0.249. The Kier molecular flexibility index (Phi) is 4.54. The molecular weight excluding hydrogens is 306 g/mol. The molecule has 132 valence electrons. The van der Waals surface area contributed by atoms with Crippen LogP contribution in [0, 0.1) is 0 Å². The molecule has 3 heterocycles. The van der Waals surface area contributed by atoms with E-state index in [1.165, 1.54) is 12.8 Å². The van der Waals surface area contributed by atoms with Crippen LogP contribution in [0.25, 0.3) is 0 Å². The molecule has 2 fully saturated rings. The molecular formula is C17H27N5O2. The van der Waals surface area contributed by atoms with Gasteiger partial charge in [0.05, 0.1) is 31.8 Å². The first kappa shape index (κ1) is 16.0. The second kappa shape index (κ2) is 6.80. The lowest BCUT2D eigenvalue weighted by molar-refractivity contribution is -0.151. The highest BCUT2D eigenvalue weighted by Crippen LogP contribution is 2.28. The lowest BCUT2D eigenvalue weighted by atomic mass is 9.90. The first-order valence-electron chi connectivity index (χ1n) is 9.30. The van der Waals surface area contributed by atoms with Crippen molar-refractivity contribution >= 4 is 5.91 Å². The summed E-state index contributed by atoms with van der Waals surface area (Å²) in [5.74, 6) is 2.29. The fraction of sp³-hybridized carbons (Fsp3) is 0.824. The molecule has 1 amide bonds. The Bertz CT molecular complexity index is 600. The molecule has 0 radical (unpaired) electrons. The van der Waals surface area contributed by atoms with Crippen molar-refractivity contribution < 1.29 is 9.53 Å². The van der Waals surface area contributed by atoms with E-state index in [9.17, 15) is 4.79 Å². The summed E-state index contributed by atoms with van der Waals surface area (Å²) in [7, 11) is 0. The maximum Gasteiger partial charge on any atom is 0.237 e. The van der Waals surface area contributed by atoms with Crippen LogP contribution in [0.3, 0.4) is 0 Å². The van der Waals surface area contributed by atoms with Gasteiger partial charge < -0.3 is 14.2 Å². The summed E-state index contributed by atoms with van der Waals surface area (Å²) >= 11 is 0. The van der Waals surface area contributed by atoms with E-state index in [2.05, 4.69) is 31.5 Å². The zero-order valence-electron chi connectivity index (χ0n) is 14.5. The maximum absolute atomic E-state index is 12.9. The molecule has 4 rings (SSSR count). The summed E-state index contributed by atoms with van der Waals surface area (Å²) in [6.45, 7) is 6.50. The van der Waals surface area contributed by atoms with Crippen LogP contribution in [-0.4, -0.2) is 68.9 Å². The highest BCUT2D eigenvalue weighted by molar-refractivity contribution is 5.78. The van der Waals surface area contributed by atoms with Crippen LogP contribution in [0.5, 0.6) is 0 Å². The van der Waals surface area contributed by atoms with Gasteiger partial charge in [-0.2, -0.15) is 0 Å². The Labute approximate surface area is 143 Å². The van der Waals surface area contributed by atoms with E-state index < -0.39 is 0 Å². The van der Waals surface area contributed by atoms with Crippen LogP contribution in [0.2, 0.25) is 0 Å². The topological polar surface area (TPSA) is 63.5 Å². The van der Waals surface area contributed by atoms with Gasteiger partial charge in [-0.15, -0.1) is 10.2 Å². The zero-order valence-corrected chi connectivity index (χ0v) is 14.5. The minimum absolute atomic E-state index is 0.249. The Morgan fingerprint density at radius 2 is 2.08 bits per heavy atom. The second-order valence-electron chi connectivity index (χ2n) is 7.10. The zero-order chi connectivity index (χ0) is 16.5. The van der Waals surface area contributed by atoms with Crippen molar-refractivity contribution in [1.29, 1.82) is 0 Å². The van der Waals surface area contributed by atoms with Gasteiger partial charge in [-0.3, -0.25) is 9.69 Å². The molecule has 1 aliphatic carbocycles. The van der Waals surface area contributed by atoms with Crippen molar-refractivity contribution in [3.8, 4) is 0 Å². The van der Waals surface area contributed by atoms with Crippen LogP contribution in [-0.2, 0) is 29.0 Å². The Morgan fingerprint density at radius 3 is 2.96 bits per heavy atom. The van der Waals surface area contributed by atoms with E-state index in [1.54, 1.807) is 0 Å². The van der Waals surface area contributed by atoms with Gasteiger partial charge in [-0.25, -0.2) is 0 Å².